The maximum atomic E-state index is 12.0. The highest BCUT2D eigenvalue weighted by molar-refractivity contribution is 5.72. The molecule has 4 nitrogen and oxygen atoms in total. The Labute approximate surface area is 327 Å². The lowest BCUT2D eigenvalue weighted by molar-refractivity contribution is -0.149. The van der Waals surface area contributed by atoms with Crippen LogP contribution in [0.3, 0.4) is 0 Å². The van der Waals surface area contributed by atoms with Crippen molar-refractivity contribution in [2.45, 2.75) is 279 Å². The van der Waals surface area contributed by atoms with E-state index in [4.69, 9.17) is 4.74 Å². The van der Waals surface area contributed by atoms with Crippen molar-refractivity contribution in [1.29, 1.82) is 0 Å². The molecule has 0 aromatic rings. The van der Waals surface area contributed by atoms with Crippen LogP contribution in [0.4, 0.5) is 0 Å². The van der Waals surface area contributed by atoms with E-state index in [0.717, 1.165) is 64.2 Å². The molecular formula is C48H96O4. The summed E-state index contributed by atoms with van der Waals surface area (Å²) in [7, 11) is 0. The van der Waals surface area contributed by atoms with Gasteiger partial charge in [-0.25, -0.2) is 0 Å². The summed E-state index contributed by atoms with van der Waals surface area (Å²) in [6.45, 7) is 11.6. The van der Waals surface area contributed by atoms with Gasteiger partial charge in [-0.05, 0) is 32.1 Å². The van der Waals surface area contributed by atoms with E-state index in [1.165, 1.54) is 180 Å². The summed E-state index contributed by atoms with van der Waals surface area (Å²) in [6.07, 6.45) is 49.1. The Kier molecular flexibility index (Phi) is 47.0. The van der Waals surface area contributed by atoms with Crippen LogP contribution < -0.4 is 0 Å². The average Bonchev–Trinajstić information content (AvgIpc) is 3.14. The number of carboxylic acid groups (broad SMARTS) is 1. The molecule has 1 N–H and O–H groups in total. The van der Waals surface area contributed by atoms with Gasteiger partial charge in [0.25, 0.3) is 0 Å². The van der Waals surface area contributed by atoms with Crippen molar-refractivity contribution >= 4 is 11.9 Å². The van der Waals surface area contributed by atoms with Gasteiger partial charge < -0.3 is 9.84 Å². The molecule has 0 amide bonds. The first-order valence-electron chi connectivity index (χ1n) is 23.9. The molecule has 0 aromatic heterocycles. The van der Waals surface area contributed by atoms with Crippen LogP contribution in [0.25, 0.3) is 0 Å². The smallest absolute Gasteiger partial charge is 0.308 e. The summed E-state index contributed by atoms with van der Waals surface area (Å²) in [5.41, 5.74) is 0. The highest BCUT2D eigenvalue weighted by Crippen LogP contribution is 2.19. The van der Waals surface area contributed by atoms with E-state index in [1.807, 2.05) is 0 Å². The lowest BCUT2D eigenvalue weighted by Crippen LogP contribution is -2.17. The second kappa shape index (κ2) is 46.1. The largest absolute Gasteiger partial charge is 0.481 e. The number of carboxylic acids is 1. The minimum absolute atomic E-state index is 0.0376. The van der Waals surface area contributed by atoms with Crippen LogP contribution in [0.5, 0.6) is 0 Å². The normalized spacial score (nSPS) is 12.3. The highest BCUT2D eigenvalue weighted by Gasteiger charge is 2.17. The molecule has 0 bridgehead atoms. The monoisotopic (exact) mass is 737 g/mol. The van der Waals surface area contributed by atoms with Gasteiger partial charge in [0.15, 0.2) is 0 Å². The molecule has 0 radical (unpaired) electrons. The molecule has 0 spiro atoms. The van der Waals surface area contributed by atoms with Crippen molar-refractivity contribution in [2.24, 2.45) is 11.8 Å². The van der Waals surface area contributed by atoms with Gasteiger partial charge in [0, 0.05) is 0 Å². The van der Waals surface area contributed by atoms with Crippen LogP contribution in [0.2, 0.25) is 0 Å². The van der Waals surface area contributed by atoms with E-state index in [-0.39, 0.29) is 17.8 Å². The highest BCUT2D eigenvalue weighted by atomic mass is 16.5. The van der Waals surface area contributed by atoms with E-state index in [1.54, 1.807) is 0 Å². The van der Waals surface area contributed by atoms with Crippen molar-refractivity contribution in [3.05, 3.63) is 0 Å². The maximum absolute atomic E-state index is 12.0. The second-order valence-electron chi connectivity index (χ2n) is 16.3. The van der Waals surface area contributed by atoms with Crippen molar-refractivity contribution in [3.63, 3.8) is 0 Å². The summed E-state index contributed by atoms with van der Waals surface area (Å²) >= 11 is 0. The van der Waals surface area contributed by atoms with Crippen LogP contribution >= 0.6 is 0 Å². The van der Waals surface area contributed by atoms with Crippen LogP contribution in [0.15, 0.2) is 0 Å². The van der Waals surface area contributed by atoms with Gasteiger partial charge in [-0.2, -0.15) is 0 Å². The third kappa shape index (κ3) is 41.7. The molecule has 0 saturated heterocycles. The number of esters is 1. The Morgan fingerprint density at radius 3 is 0.942 bits per heavy atom. The van der Waals surface area contributed by atoms with E-state index in [0.29, 0.717) is 6.61 Å². The predicted octanol–water partition coefficient (Wildman–Crippen LogP) is 16.8. The minimum Gasteiger partial charge on any atom is -0.481 e. The Morgan fingerprint density at radius 1 is 0.365 bits per heavy atom. The standard InChI is InChI=1S/2C24H48O2/c1-4-7-9-10-11-12-13-14-15-16-17-18-19-20-22-26-24(25)23(6-3)21-8-5-2;1-3-5-7-8-9-10-11-12-13-14-15-16-17-18-19-20-22-23(24(25)26)21-6-4-2/h23H,4-22H2,1-3H3;23H,3-22H2,1-2H3,(H,25,26). The fourth-order valence-electron chi connectivity index (χ4n) is 7.31. The Morgan fingerprint density at radius 2 is 0.635 bits per heavy atom. The lowest BCUT2D eigenvalue weighted by atomic mass is 9.95. The minimum atomic E-state index is -0.584. The van der Waals surface area contributed by atoms with Crippen molar-refractivity contribution < 1.29 is 19.4 Å². The second-order valence-corrected chi connectivity index (χ2v) is 16.3. The number of hydrogen-bond acceptors (Lipinski definition) is 3. The zero-order chi connectivity index (χ0) is 38.6. The van der Waals surface area contributed by atoms with Crippen LogP contribution in [-0.2, 0) is 14.3 Å². The topological polar surface area (TPSA) is 63.6 Å². The van der Waals surface area contributed by atoms with Crippen LogP contribution in [0.1, 0.15) is 279 Å². The van der Waals surface area contributed by atoms with Crippen molar-refractivity contribution in [1.82, 2.24) is 0 Å². The molecule has 2 unspecified atom stereocenters. The third-order valence-corrected chi connectivity index (χ3v) is 11.1. The molecule has 0 heterocycles. The molecule has 0 aromatic carbocycles. The summed E-state index contributed by atoms with van der Waals surface area (Å²) < 4.78 is 5.46. The zero-order valence-electron chi connectivity index (χ0n) is 36.4. The van der Waals surface area contributed by atoms with E-state index in [9.17, 15) is 14.7 Å². The Hall–Kier alpha value is -1.06. The van der Waals surface area contributed by atoms with Gasteiger partial charge in [0.1, 0.15) is 0 Å². The van der Waals surface area contributed by atoms with Gasteiger partial charge in [0.2, 0.25) is 0 Å². The first kappa shape index (κ1) is 53.0. The molecule has 2 atom stereocenters. The van der Waals surface area contributed by atoms with Crippen LogP contribution in [0, 0.1) is 11.8 Å². The van der Waals surface area contributed by atoms with Crippen LogP contribution in [-0.4, -0.2) is 23.7 Å². The van der Waals surface area contributed by atoms with Gasteiger partial charge in [-0.3, -0.25) is 9.59 Å². The SMILES string of the molecule is CCCCCCCCCCCCCCCCCCC(CCCC)C(=O)O.CCCCCCCCCCCCCCCCOC(=O)C(CC)CCCC. The van der Waals surface area contributed by atoms with Gasteiger partial charge >= 0.3 is 11.9 Å². The predicted molar refractivity (Wildman–Crippen MR) is 229 cm³/mol. The molecule has 0 aliphatic heterocycles. The van der Waals surface area contributed by atoms with E-state index in [2.05, 4.69) is 34.6 Å². The van der Waals surface area contributed by atoms with Crippen molar-refractivity contribution in [3.8, 4) is 0 Å². The number of carbonyl (C=O) groups is 2. The summed E-state index contributed by atoms with van der Waals surface area (Å²) in [5, 5.41) is 9.23. The molecule has 0 aliphatic carbocycles. The summed E-state index contributed by atoms with van der Waals surface area (Å²) in [5.74, 6) is -0.516. The molecule has 312 valence electrons. The summed E-state index contributed by atoms with van der Waals surface area (Å²) in [6, 6.07) is 0. The quantitative estimate of drug-likeness (QED) is 0.0501. The molecule has 0 rings (SSSR count). The number of carbonyl (C=O) groups excluding carboxylic acids is 1. The fourth-order valence-corrected chi connectivity index (χ4v) is 7.31. The Balaban J connectivity index is 0. The maximum Gasteiger partial charge on any atom is 0.308 e. The van der Waals surface area contributed by atoms with Gasteiger partial charge in [0.05, 0.1) is 18.4 Å². The number of hydrogen-bond donors (Lipinski definition) is 1. The number of aliphatic carboxylic acids is 1. The molecule has 4 heteroatoms. The van der Waals surface area contributed by atoms with Gasteiger partial charge in [-0.15, -0.1) is 0 Å². The third-order valence-electron chi connectivity index (χ3n) is 11.1. The number of unbranched alkanes of at least 4 members (excludes halogenated alkanes) is 30. The first-order chi connectivity index (χ1) is 25.5. The molecular weight excluding hydrogens is 641 g/mol. The molecule has 0 aliphatic rings. The number of ether oxygens (including phenoxy) is 1. The zero-order valence-corrected chi connectivity index (χ0v) is 36.4. The summed E-state index contributed by atoms with van der Waals surface area (Å²) in [4.78, 5) is 23.2. The average molecular weight is 737 g/mol. The Bertz CT molecular complexity index is 686. The van der Waals surface area contributed by atoms with Gasteiger partial charge in [-0.1, -0.05) is 247 Å². The molecule has 0 saturated carbocycles. The first-order valence-corrected chi connectivity index (χ1v) is 23.9. The molecule has 52 heavy (non-hydrogen) atoms. The van der Waals surface area contributed by atoms with E-state index >= 15 is 0 Å². The lowest BCUT2D eigenvalue weighted by Gasteiger charge is -2.13. The number of rotatable bonds is 41. The van der Waals surface area contributed by atoms with Crippen molar-refractivity contribution in [2.75, 3.05) is 6.61 Å². The fraction of sp³-hybridized carbons (Fsp3) is 0.958. The molecule has 0 fully saturated rings. The van der Waals surface area contributed by atoms with E-state index < -0.39 is 5.97 Å².